The summed E-state index contributed by atoms with van der Waals surface area (Å²) < 4.78 is 26.6. The molecule has 1 fully saturated rings. The fourth-order valence-electron chi connectivity index (χ4n) is 3.72. The van der Waals surface area contributed by atoms with Crippen LogP contribution in [0.25, 0.3) is 10.9 Å². The van der Waals surface area contributed by atoms with E-state index in [9.17, 15) is 13.6 Å². The summed E-state index contributed by atoms with van der Waals surface area (Å²) in [7, 11) is 0. The number of nitrogens with zero attached hydrogens (tertiary/aromatic N) is 3. The van der Waals surface area contributed by atoms with Crippen LogP contribution in [0.3, 0.4) is 0 Å². The Hall–Kier alpha value is -1.99. The molecule has 0 amide bonds. The molecule has 1 saturated heterocycles. The van der Waals surface area contributed by atoms with Crippen LogP contribution < -0.4 is 4.90 Å². The van der Waals surface area contributed by atoms with Crippen molar-refractivity contribution in [2.45, 2.75) is 32.2 Å². The van der Waals surface area contributed by atoms with Gasteiger partial charge in [-0.15, -0.1) is 0 Å². The van der Waals surface area contributed by atoms with Gasteiger partial charge in [-0.3, -0.25) is 9.69 Å². The van der Waals surface area contributed by atoms with Gasteiger partial charge in [-0.1, -0.05) is 18.5 Å². The number of likely N-dealkylation sites (N-methyl/N-ethyl adjacent to an activating group) is 1. The highest BCUT2D eigenvalue weighted by atomic mass is 35.5. The lowest BCUT2D eigenvalue weighted by molar-refractivity contribution is -0.139. The van der Waals surface area contributed by atoms with Crippen LogP contribution in [-0.2, 0) is 4.79 Å². The quantitative estimate of drug-likeness (QED) is 0.791. The summed E-state index contributed by atoms with van der Waals surface area (Å²) in [5, 5.41) is 10.3. The van der Waals surface area contributed by atoms with E-state index in [-0.39, 0.29) is 18.3 Å². The number of hydrogen-bond acceptors (Lipinski definition) is 4. The molecular weight excluding hydrogens is 376 g/mol. The summed E-state index contributed by atoms with van der Waals surface area (Å²) in [5.41, 5.74) is 0.955. The minimum atomic E-state index is -2.65. The zero-order chi connectivity index (χ0) is 19.6. The van der Waals surface area contributed by atoms with Crippen LogP contribution >= 0.6 is 11.6 Å². The molecule has 0 unspecified atom stereocenters. The second kappa shape index (κ2) is 8.35. The van der Waals surface area contributed by atoms with Crippen molar-refractivity contribution in [2.75, 3.05) is 31.1 Å². The number of fused-ring (bicyclic) bond motifs is 1. The van der Waals surface area contributed by atoms with E-state index in [2.05, 4.69) is 9.88 Å². The number of alkyl halides is 2. The molecule has 0 spiro atoms. The number of pyridine rings is 1. The molecule has 2 aromatic rings. The monoisotopic (exact) mass is 397 g/mol. The summed E-state index contributed by atoms with van der Waals surface area (Å²) in [6, 6.07) is 6.68. The molecule has 1 N–H and O–H groups in total. The van der Waals surface area contributed by atoms with Crippen LogP contribution in [0.4, 0.5) is 14.5 Å². The third-order valence-electron chi connectivity index (χ3n) is 5.06. The third kappa shape index (κ3) is 4.47. The van der Waals surface area contributed by atoms with Crippen molar-refractivity contribution in [1.29, 1.82) is 0 Å². The Morgan fingerprint density at radius 2 is 2.07 bits per heavy atom. The maximum absolute atomic E-state index is 13.3. The minimum Gasteiger partial charge on any atom is -0.480 e. The van der Waals surface area contributed by atoms with Crippen molar-refractivity contribution < 1.29 is 18.7 Å². The highest BCUT2D eigenvalue weighted by Crippen LogP contribution is 2.34. The molecule has 146 valence electrons. The maximum atomic E-state index is 13.3. The van der Waals surface area contributed by atoms with Crippen molar-refractivity contribution in [3.63, 3.8) is 0 Å². The Bertz CT molecular complexity index is 826. The van der Waals surface area contributed by atoms with Gasteiger partial charge >= 0.3 is 5.97 Å². The number of rotatable bonds is 6. The number of carbonyl (C=O) groups is 1. The van der Waals surface area contributed by atoms with Gasteiger partial charge in [0.2, 0.25) is 0 Å². The van der Waals surface area contributed by atoms with Crippen molar-refractivity contribution in [2.24, 2.45) is 0 Å². The van der Waals surface area contributed by atoms with Gasteiger partial charge in [-0.25, -0.2) is 13.8 Å². The maximum Gasteiger partial charge on any atom is 0.317 e. The smallest absolute Gasteiger partial charge is 0.317 e. The number of carboxylic acid groups (broad SMARTS) is 1. The third-order valence-corrected chi connectivity index (χ3v) is 5.29. The number of piperidine rings is 1. The fourth-order valence-corrected chi connectivity index (χ4v) is 3.89. The standard InChI is InChI=1S/C19H22ClF2N3O2/c1-2-24(11-18(26)27)13-5-7-25(8-6-13)17-10-16(19(21)22)23-15-4-3-12(20)9-14(15)17/h3-4,9-10,13,19H,2,5-8,11H2,1H3,(H,26,27). The van der Waals surface area contributed by atoms with E-state index in [4.69, 9.17) is 16.7 Å². The van der Waals surface area contributed by atoms with E-state index in [0.717, 1.165) is 18.2 Å². The van der Waals surface area contributed by atoms with E-state index in [1.807, 2.05) is 11.8 Å². The SMILES string of the molecule is CCN(CC(=O)O)C1CCN(c2cc(C(F)F)nc3ccc(Cl)cc23)CC1. The lowest BCUT2D eigenvalue weighted by Gasteiger charge is -2.39. The summed E-state index contributed by atoms with van der Waals surface area (Å²) in [5.74, 6) is -0.837. The molecule has 1 aliphatic rings. The molecule has 0 radical (unpaired) electrons. The van der Waals surface area contributed by atoms with Crippen LogP contribution in [-0.4, -0.2) is 53.2 Å². The molecule has 27 heavy (non-hydrogen) atoms. The predicted octanol–water partition coefficient (Wildman–Crippen LogP) is 4.20. The molecule has 0 bridgehead atoms. The first-order valence-electron chi connectivity index (χ1n) is 8.98. The fraction of sp³-hybridized carbons (Fsp3) is 0.474. The van der Waals surface area contributed by atoms with E-state index in [0.29, 0.717) is 35.9 Å². The van der Waals surface area contributed by atoms with E-state index >= 15 is 0 Å². The zero-order valence-corrected chi connectivity index (χ0v) is 15.8. The Morgan fingerprint density at radius 3 is 2.67 bits per heavy atom. The molecule has 1 aromatic heterocycles. The molecule has 0 atom stereocenters. The van der Waals surface area contributed by atoms with Crippen LogP contribution in [0.15, 0.2) is 24.3 Å². The molecular formula is C19H22ClF2N3O2. The summed E-state index contributed by atoms with van der Waals surface area (Å²) >= 11 is 6.11. The highest BCUT2D eigenvalue weighted by Gasteiger charge is 2.26. The number of aliphatic carboxylic acids is 1. The van der Waals surface area contributed by atoms with Crippen molar-refractivity contribution in [3.8, 4) is 0 Å². The van der Waals surface area contributed by atoms with Crippen molar-refractivity contribution in [3.05, 3.63) is 35.0 Å². The molecule has 2 heterocycles. The van der Waals surface area contributed by atoms with Gasteiger partial charge < -0.3 is 10.0 Å². The molecule has 3 rings (SSSR count). The average Bonchev–Trinajstić information content (AvgIpc) is 2.65. The number of benzene rings is 1. The Labute approximate surface area is 161 Å². The average molecular weight is 398 g/mol. The zero-order valence-electron chi connectivity index (χ0n) is 15.0. The van der Waals surface area contributed by atoms with Gasteiger partial charge in [0.1, 0.15) is 5.69 Å². The minimum absolute atomic E-state index is 0.0183. The van der Waals surface area contributed by atoms with Gasteiger partial charge in [0.15, 0.2) is 0 Å². The Balaban J connectivity index is 1.86. The predicted molar refractivity (Wildman–Crippen MR) is 102 cm³/mol. The van der Waals surface area contributed by atoms with Crippen LogP contribution in [0.1, 0.15) is 31.9 Å². The van der Waals surface area contributed by atoms with Gasteiger partial charge in [0.25, 0.3) is 6.43 Å². The number of hydrogen-bond donors (Lipinski definition) is 1. The second-order valence-electron chi connectivity index (χ2n) is 6.70. The van der Waals surface area contributed by atoms with E-state index in [1.165, 1.54) is 6.07 Å². The Kier molecular flexibility index (Phi) is 6.11. The van der Waals surface area contributed by atoms with Crippen LogP contribution in [0.5, 0.6) is 0 Å². The second-order valence-corrected chi connectivity index (χ2v) is 7.14. The van der Waals surface area contributed by atoms with Gasteiger partial charge in [-0.05, 0) is 43.7 Å². The summed E-state index contributed by atoms with van der Waals surface area (Å²) in [4.78, 5) is 19.1. The molecule has 8 heteroatoms. The topological polar surface area (TPSA) is 56.7 Å². The lowest BCUT2D eigenvalue weighted by Crippen LogP contribution is -2.46. The number of aromatic nitrogens is 1. The summed E-state index contributed by atoms with van der Waals surface area (Å²) in [6.45, 7) is 3.96. The normalized spacial score (nSPS) is 15.9. The number of carboxylic acids is 1. The first-order valence-corrected chi connectivity index (χ1v) is 9.36. The largest absolute Gasteiger partial charge is 0.480 e. The summed E-state index contributed by atoms with van der Waals surface area (Å²) in [6.07, 6.45) is -1.10. The first kappa shape index (κ1) is 19.8. The van der Waals surface area contributed by atoms with Gasteiger partial charge in [0.05, 0.1) is 12.1 Å². The highest BCUT2D eigenvalue weighted by molar-refractivity contribution is 6.31. The van der Waals surface area contributed by atoms with Crippen molar-refractivity contribution in [1.82, 2.24) is 9.88 Å². The molecule has 1 aliphatic heterocycles. The number of halogens is 3. The van der Waals surface area contributed by atoms with E-state index < -0.39 is 12.4 Å². The first-order chi connectivity index (χ1) is 12.9. The lowest BCUT2D eigenvalue weighted by atomic mass is 10.0. The Morgan fingerprint density at radius 1 is 1.37 bits per heavy atom. The molecule has 5 nitrogen and oxygen atoms in total. The van der Waals surface area contributed by atoms with E-state index in [1.54, 1.807) is 18.2 Å². The molecule has 1 aromatic carbocycles. The van der Waals surface area contributed by atoms with Crippen molar-refractivity contribution >= 4 is 34.2 Å². The number of anilines is 1. The van der Waals surface area contributed by atoms with Crippen LogP contribution in [0, 0.1) is 0 Å². The van der Waals surface area contributed by atoms with Gasteiger partial charge in [0, 0.05) is 35.2 Å². The van der Waals surface area contributed by atoms with Crippen LogP contribution in [0.2, 0.25) is 5.02 Å². The molecule has 0 aliphatic carbocycles. The van der Waals surface area contributed by atoms with Gasteiger partial charge in [-0.2, -0.15) is 0 Å². The molecule has 0 saturated carbocycles.